The molecule has 0 aliphatic carbocycles. The molecule has 0 aromatic carbocycles. The Morgan fingerprint density at radius 1 is 1.55 bits per heavy atom. The van der Waals surface area contributed by atoms with Crippen LogP contribution >= 0.6 is 0 Å². The van der Waals surface area contributed by atoms with E-state index in [1.807, 2.05) is 0 Å². The number of hydrogen-bond acceptors (Lipinski definition) is 7. The zero-order valence-corrected chi connectivity index (χ0v) is 12.0. The summed E-state index contributed by atoms with van der Waals surface area (Å²) in [6.07, 6.45) is -1.50. The van der Waals surface area contributed by atoms with Crippen molar-refractivity contribution in [2.24, 2.45) is 0 Å². The number of ether oxygens (including phenoxy) is 2. The van der Waals surface area contributed by atoms with Crippen LogP contribution in [-0.4, -0.2) is 51.2 Å². The number of esters is 1. The van der Waals surface area contributed by atoms with E-state index in [0.29, 0.717) is 0 Å². The van der Waals surface area contributed by atoms with E-state index in [9.17, 15) is 19.5 Å². The molecule has 122 valence electrons. The monoisotopic (exact) mass is 314 g/mol. The maximum atomic E-state index is 11.9. The molecule has 1 fully saturated rings. The Balaban J connectivity index is 2.27. The Kier molecular flexibility index (Phi) is 5.11. The van der Waals surface area contributed by atoms with Gasteiger partial charge in [-0.05, 0) is 6.92 Å². The SMILES string of the molecule is CCOC(=O)Cc1cn([C@H]2C[C@@H](O)[C@H](CO)O2)c(=O)[nH]c1=O. The van der Waals surface area contributed by atoms with E-state index in [4.69, 9.17) is 14.6 Å². The van der Waals surface area contributed by atoms with Crippen LogP contribution in [0.3, 0.4) is 0 Å². The molecule has 9 heteroatoms. The van der Waals surface area contributed by atoms with Gasteiger partial charge in [0.1, 0.15) is 12.3 Å². The molecule has 9 nitrogen and oxygen atoms in total. The summed E-state index contributed by atoms with van der Waals surface area (Å²) in [4.78, 5) is 37.1. The van der Waals surface area contributed by atoms with Crippen molar-refractivity contribution in [3.8, 4) is 0 Å². The fourth-order valence-electron chi connectivity index (χ4n) is 2.28. The molecular weight excluding hydrogens is 296 g/mol. The largest absolute Gasteiger partial charge is 0.466 e. The van der Waals surface area contributed by atoms with Crippen LogP contribution in [0.25, 0.3) is 0 Å². The van der Waals surface area contributed by atoms with Crippen LogP contribution in [0.2, 0.25) is 0 Å². The van der Waals surface area contributed by atoms with Gasteiger partial charge in [0.15, 0.2) is 0 Å². The van der Waals surface area contributed by atoms with E-state index in [1.54, 1.807) is 6.92 Å². The molecule has 0 saturated carbocycles. The summed E-state index contributed by atoms with van der Waals surface area (Å²) >= 11 is 0. The Morgan fingerprint density at radius 3 is 2.86 bits per heavy atom. The normalized spacial score (nSPS) is 24.4. The van der Waals surface area contributed by atoms with Crippen LogP contribution in [-0.2, 0) is 20.7 Å². The molecule has 0 spiro atoms. The van der Waals surface area contributed by atoms with Crippen LogP contribution in [0, 0.1) is 0 Å². The predicted molar refractivity (Wildman–Crippen MR) is 73.3 cm³/mol. The van der Waals surface area contributed by atoms with Gasteiger partial charge in [-0.2, -0.15) is 0 Å². The van der Waals surface area contributed by atoms with Gasteiger partial charge in [0.05, 0.1) is 25.7 Å². The predicted octanol–water partition coefficient (Wildman–Crippen LogP) is -1.72. The minimum atomic E-state index is -0.915. The van der Waals surface area contributed by atoms with Gasteiger partial charge in [0, 0.05) is 18.2 Å². The van der Waals surface area contributed by atoms with Gasteiger partial charge in [-0.15, -0.1) is 0 Å². The molecule has 0 radical (unpaired) electrons. The second kappa shape index (κ2) is 6.86. The summed E-state index contributed by atoms with van der Waals surface area (Å²) in [5.41, 5.74) is -1.33. The van der Waals surface area contributed by atoms with Crippen molar-refractivity contribution in [1.82, 2.24) is 9.55 Å². The van der Waals surface area contributed by atoms with Crippen LogP contribution in [0.15, 0.2) is 15.8 Å². The number of carbonyl (C=O) groups excluding carboxylic acids is 1. The van der Waals surface area contributed by atoms with Crippen molar-refractivity contribution >= 4 is 5.97 Å². The summed E-state index contributed by atoms with van der Waals surface area (Å²) < 4.78 is 11.2. The van der Waals surface area contributed by atoms with Crippen molar-refractivity contribution in [1.29, 1.82) is 0 Å². The first kappa shape index (κ1) is 16.4. The summed E-state index contributed by atoms with van der Waals surface area (Å²) in [7, 11) is 0. The van der Waals surface area contributed by atoms with E-state index < -0.39 is 35.7 Å². The van der Waals surface area contributed by atoms with E-state index in [-0.39, 0.29) is 31.6 Å². The summed E-state index contributed by atoms with van der Waals surface area (Å²) in [6.45, 7) is 1.45. The summed E-state index contributed by atoms with van der Waals surface area (Å²) in [5, 5.41) is 18.8. The first-order valence-electron chi connectivity index (χ1n) is 6.90. The number of aliphatic hydroxyl groups excluding tert-OH is 2. The smallest absolute Gasteiger partial charge is 0.330 e. The van der Waals surface area contributed by atoms with Crippen LogP contribution in [0.4, 0.5) is 0 Å². The van der Waals surface area contributed by atoms with Gasteiger partial charge >= 0.3 is 11.7 Å². The molecule has 0 bridgehead atoms. The second-order valence-corrected chi connectivity index (χ2v) is 4.92. The van der Waals surface area contributed by atoms with E-state index >= 15 is 0 Å². The summed E-state index contributed by atoms with van der Waals surface area (Å²) in [5.74, 6) is -0.584. The molecular formula is C13H18N2O7. The number of nitrogens with zero attached hydrogens (tertiary/aromatic N) is 1. The second-order valence-electron chi connectivity index (χ2n) is 4.92. The minimum absolute atomic E-state index is 0.0589. The highest BCUT2D eigenvalue weighted by atomic mass is 16.5. The van der Waals surface area contributed by atoms with Gasteiger partial charge in [-0.3, -0.25) is 19.1 Å². The number of rotatable bonds is 5. The lowest BCUT2D eigenvalue weighted by atomic mass is 10.2. The van der Waals surface area contributed by atoms with Crippen molar-refractivity contribution in [2.45, 2.75) is 38.2 Å². The lowest BCUT2D eigenvalue weighted by Gasteiger charge is -2.15. The number of carbonyl (C=O) groups is 1. The molecule has 1 aromatic rings. The molecule has 1 aliphatic rings. The van der Waals surface area contributed by atoms with Crippen molar-refractivity contribution in [3.05, 3.63) is 32.6 Å². The third kappa shape index (κ3) is 3.43. The summed E-state index contributed by atoms with van der Waals surface area (Å²) in [6, 6.07) is 0. The third-order valence-electron chi connectivity index (χ3n) is 3.38. The molecule has 0 amide bonds. The molecule has 2 heterocycles. The van der Waals surface area contributed by atoms with Gasteiger partial charge in [-0.25, -0.2) is 4.79 Å². The molecule has 1 aromatic heterocycles. The zero-order valence-electron chi connectivity index (χ0n) is 12.0. The number of hydrogen-bond donors (Lipinski definition) is 3. The van der Waals surface area contributed by atoms with Crippen molar-refractivity contribution in [3.63, 3.8) is 0 Å². The molecule has 3 atom stereocenters. The van der Waals surface area contributed by atoms with Crippen LogP contribution < -0.4 is 11.2 Å². The fourth-order valence-corrected chi connectivity index (χ4v) is 2.28. The van der Waals surface area contributed by atoms with Gasteiger partial charge < -0.3 is 19.7 Å². The van der Waals surface area contributed by atoms with E-state index in [1.165, 1.54) is 6.20 Å². The maximum absolute atomic E-state index is 11.9. The number of nitrogens with one attached hydrogen (secondary N) is 1. The Morgan fingerprint density at radius 2 is 2.27 bits per heavy atom. The topological polar surface area (TPSA) is 131 Å². The average molecular weight is 314 g/mol. The Labute approximate surface area is 125 Å². The van der Waals surface area contributed by atoms with Crippen molar-refractivity contribution < 1.29 is 24.5 Å². The molecule has 2 rings (SSSR count). The van der Waals surface area contributed by atoms with Crippen LogP contribution in [0.1, 0.15) is 25.1 Å². The van der Waals surface area contributed by atoms with E-state index in [2.05, 4.69) is 4.98 Å². The Hall–Kier alpha value is -1.97. The van der Waals surface area contributed by atoms with Gasteiger partial charge in [0.25, 0.3) is 5.56 Å². The highest BCUT2D eigenvalue weighted by Gasteiger charge is 2.35. The molecule has 1 aliphatic heterocycles. The number of aromatic amines is 1. The quantitative estimate of drug-likeness (QED) is 0.551. The molecule has 1 saturated heterocycles. The standard InChI is InChI=1S/C13H18N2O7/c1-2-21-11(18)3-7-5-15(13(20)14-12(7)19)10-4-8(17)9(6-16)22-10/h5,8-10,16-17H,2-4,6H2,1H3,(H,14,19,20)/t8-,9+,10-/m1/s1. The van der Waals surface area contributed by atoms with Gasteiger partial charge in [0.2, 0.25) is 0 Å². The lowest BCUT2D eigenvalue weighted by molar-refractivity contribution is -0.142. The zero-order chi connectivity index (χ0) is 16.3. The number of aliphatic hydroxyl groups is 2. The highest BCUT2D eigenvalue weighted by Crippen LogP contribution is 2.27. The van der Waals surface area contributed by atoms with Crippen LogP contribution in [0.5, 0.6) is 0 Å². The van der Waals surface area contributed by atoms with E-state index in [0.717, 1.165) is 4.57 Å². The average Bonchev–Trinajstić information content (AvgIpc) is 2.83. The van der Waals surface area contributed by atoms with Crippen molar-refractivity contribution in [2.75, 3.05) is 13.2 Å². The number of aromatic nitrogens is 2. The number of H-pyrrole nitrogens is 1. The molecule has 22 heavy (non-hydrogen) atoms. The minimum Gasteiger partial charge on any atom is -0.466 e. The first-order valence-corrected chi connectivity index (χ1v) is 6.90. The fraction of sp³-hybridized carbons (Fsp3) is 0.615. The Bertz CT molecular complexity index is 651. The first-order chi connectivity index (χ1) is 10.5. The highest BCUT2D eigenvalue weighted by molar-refractivity contribution is 5.72. The third-order valence-corrected chi connectivity index (χ3v) is 3.38. The molecule has 3 N–H and O–H groups in total. The molecule has 0 unspecified atom stereocenters. The lowest BCUT2D eigenvalue weighted by Crippen LogP contribution is -2.35. The maximum Gasteiger partial charge on any atom is 0.330 e. The van der Waals surface area contributed by atoms with Gasteiger partial charge in [-0.1, -0.05) is 0 Å².